The molecule has 0 bridgehead atoms. The van der Waals surface area contributed by atoms with E-state index in [-0.39, 0.29) is 10.7 Å². The molecule has 1 aromatic rings. The number of benzene rings is 1. The summed E-state index contributed by atoms with van der Waals surface area (Å²) in [6.07, 6.45) is 1.64. The molecule has 1 atom stereocenters. The van der Waals surface area contributed by atoms with Crippen molar-refractivity contribution in [3.8, 4) is 0 Å². The monoisotopic (exact) mass is 243 g/mol. The lowest BCUT2D eigenvalue weighted by atomic mass is 10.1. The van der Waals surface area contributed by atoms with Crippen LogP contribution in [0, 0.1) is 5.82 Å². The Hall–Kier alpha value is -0.940. The van der Waals surface area contributed by atoms with E-state index in [9.17, 15) is 12.8 Å². The van der Waals surface area contributed by atoms with E-state index in [4.69, 9.17) is 5.73 Å². The highest BCUT2D eigenvalue weighted by Crippen LogP contribution is 2.33. The van der Waals surface area contributed by atoms with Gasteiger partial charge in [0.25, 0.3) is 0 Å². The number of rotatable bonds is 3. The van der Waals surface area contributed by atoms with Crippen LogP contribution in [0.2, 0.25) is 0 Å². The third-order valence-corrected chi connectivity index (χ3v) is 5.24. The second-order valence-corrected chi connectivity index (χ2v) is 6.25. The van der Waals surface area contributed by atoms with Gasteiger partial charge in [-0.05, 0) is 49.6 Å². The van der Waals surface area contributed by atoms with E-state index in [1.807, 2.05) is 0 Å². The number of nitrogens with two attached hydrogens (primary N) is 1. The minimum Gasteiger partial charge on any atom is -0.330 e. The van der Waals surface area contributed by atoms with E-state index in [1.165, 1.54) is 18.2 Å². The molecule has 16 heavy (non-hydrogen) atoms. The quantitative estimate of drug-likeness (QED) is 0.813. The Balaban J connectivity index is 2.34. The zero-order valence-electron chi connectivity index (χ0n) is 8.82. The summed E-state index contributed by atoms with van der Waals surface area (Å²) in [6, 6.07) is 3.87. The fourth-order valence-corrected chi connectivity index (χ4v) is 4.12. The smallest absolute Gasteiger partial charge is 0.181 e. The molecule has 0 saturated heterocycles. The van der Waals surface area contributed by atoms with Crippen LogP contribution < -0.4 is 5.73 Å². The maximum absolute atomic E-state index is 13.0. The van der Waals surface area contributed by atoms with Crippen molar-refractivity contribution >= 4 is 9.84 Å². The number of halogens is 1. The van der Waals surface area contributed by atoms with Crippen LogP contribution in [0.15, 0.2) is 23.1 Å². The molecule has 0 aliphatic carbocycles. The van der Waals surface area contributed by atoms with Gasteiger partial charge in [-0.2, -0.15) is 0 Å². The average molecular weight is 243 g/mol. The first-order chi connectivity index (χ1) is 7.55. The van der Waals surface area contributed by atoms with Gasteiger partial charge in [0.1, 0.15) is 5.82 Å². The van der Waals surface area contributed by atoms with Crippen LogP contribution in [-0.4, -0.2) is 20.2 Å². The maximum Gasteiger partial charge on any atom is 0.181 e. The number of hydrogen-bond acceptors (Lipinski definition) is 3. The molecule has 88 valence electrons. The SMILES string of the molecule is NCCCC1Cc2cc(F)ccc2S1(=O)=O. The van der Waals surface area contributed by atoms with Gasteiger partial charge in [0.15, 0.2) is 9.84 Å². The number of fused-ring (bicyclic) bond motifs is 1. The van der Waals surface area contributed by atoms with Gasteiger partial charge < -0.3 is 5.73 Å². The molecule has 0 aromatic heterocycles. The van der Waals surface area contributed by atoms with Crippen molar-refractivity contribution in [1.82, 2.24) is 0 Å². The fourth-order valence-electron chi connectivity index (χ4n) is 2.12. The van der Waals surface area contributed by atoms with Crippen LogP contribution in [0.5, 0.6) is 0 Å². The molecule has 0 saturated carbocycles. The third-order valence-electron chi connectivity index (χ3n) is 2.95. The summed E-state index contributed by atoms with van der Waals surface area (Å²) in [5, 5.41) is -0.423. The van der Waals surface area contributed by atoms with Crippen LogP contribution in [-0.2, 0) is 16.3 Å². The molecule has 0 amide bonds. The second-order valence-electron chi connectivity index (χ2n) is 4.05. The number of hydrogen-bond donors (Lipinski definition) is 1. The molecular formula is C11H14FNO2S. The Morgan fingerprint density at radius 2 is 2.19 bits per heavy atom. The van der Waals surface area contributed by atoms with Gasteiger partial charge in [0, 0.05) is 0 Å². The Labute approximate surface area is 94.4 Å². The van der Waals surface area contributed by atoms with Crippen LogP contribution in [0.1, 0.15) is 18.4 Å². The first-order valence-corrected chi connectivity index (χ1v) is 6.82. The highest BCUT2D eigenvalue weighted by molar-refractivity contribution is 7.92. The highest BCUT2D eigenvalue weighted by atomic mass is 32.2. The average Bonchev–Trinajstić information content (AvgIpc) is 2.47. The van der Waals surface area contributed by atoms with Gasteiger partial charge in [-0.3, -0.25) is 0 Å². The first-order valence-electron chi connectivity index (χ1n) is 5.28. The Morgan fingerprint density at radius 3 is 2.88 bits per heavy atom. The van der Waals surface area contributed by atoms with Crippen LogP contribution in [0.25, 0.3) is 0 Å². The molecular weight excluding hydrogens is 229 g/mol. The summed E-state index contributed by atoms with van der Waals surface area (Å²) in [5.74, 6) is -0.381. The molecule has 1 aliphatic heterocycles. The van der Waals surface area contributed by atoms with E-state index < -0.39 is 15.1 Å². The summed E-state index contributed by atoms with van der Waals surface area (Å²) >= 11 is 0. The van der Waals surface area contributed by atoms with Crippen molar-refractivity contribution in [3.63, 3.8) is 0 Å². The summed E-state index contributed by atoms with van der Waals surface area (Å²) in [6.45, 7) is 0.483. The predicted molar refractivity (Wildman–Crippen MR) is 59.4 cm³/mol. The van der Waals surface area contributed by atoms with Crippen molar-refractivity contribution in [2.24, 2.45) is 5.73 Å². The molecule has 2 rings (SSSR count). The predicted octanol–water partition coefficient (Wildman–Crippen LogP) is 1.26. The largest absolute Gasteiger partial charge is 0.330 e. The van der Waals surface area contributed by atoms with E-state index >= 15 is 0 Å². The first kappa shape index (κ1) is 11.5. The Bertz CT molecular complexity index is 499. The van der Waals surface area contributed by atoms with Gasteiger partial charge in [0.05, 0.1) is 10.1 Å². The summed E-state index contributed by atoms with van der Waals surface area (Å²) in [5.41, 5.74) is 5.97. The van der Waals surface area contributed by atoms with Crippen LogP contribution in [0.3, 0.4) is 0 Å². The third kappa shape index (κ3) is 1.85. The van der Waals surface area contributed by atoms with Crippen molar-refractivity contribution in [2.75, 3.05) is 6.54 Å². The Morgan fingerprint density at radius 1 is 1.44 bits per heavy atom. The summed E-state index contributed by atoms with van der Waals surface area (Å²) in [4.78, 5) is 0.288. The van der Waals surface area contributed by atoms with Gasteiger partial charge >= 0.3 is 0 Å². The molecule has 3 nitrogen and oxygen atoms in total. The molecule has 5 heteroatoms. The van der Waals surface area contributed by atoms with Gasteiger partial charge in [-0.25, -0.2) is 12.8 Å². The Kier molecular flexibility index (Phi) is 2.99. The summed E-state index contributed by atoms with van der Waals surface area (Å²) in [7, 11) is -3.26. The maximum atomic E-state index is 13.0. The van der Waals surface area contributed by atoms with E-state index in [2.05, 4.69) is 0 Å². The molecule has 1 aliphatic rings. The van der Waals surface area contributed by atoms with Gasteiger partial charge in [-0.15, -0.1) is 0 Å². The lowest BCUT2D eigenvalue weighted by molar-refractivity contribution is 0.575. The van der Waals surface area contributed by atoms with Crippen LogP contribution >= 0.6 is 0 Å². The fraction of sp³-hybridized carbons (Fsp3) is 0.455. The summed E-state index contributed by atoms with van der Waals surface area (Å²) < 4.78 is 37.1. The molecule has 0 radical (unpaired) electrons. The molecule has 1 unspecified atom stereocenters. The van der Waals surface area contributed by atoms with Crippen molar-refractivity contribution < 1.29 is 12.8 Å². The van der Waals surface area contributed by atoms with Crippen molar-refractivity contribution in [2.45, 2.75) is 29.4 Å². The van der Waals surface area contributed by atoms with E-state index in [1.54, 1.807) is 0 Å². The molecule has 1 heterocycles. The second kappa shape index (κ2) is 4.14. The normalized spacial score (nSPS) is 22.0. The zero-order chi connectivity index (χ0) is 11.8. The van der Waals surface area contributed by atoms with Crippen molar-refractivity contribution in [3.05, 3.63) is 29.6 Å². The van der Waals surface area contributed by atoms with Gasteiger partial charge in [0.2, 0.25) is 0 Å². The topological polar surface area (TPSA) is 60.2 Å². The lowest BCUT2D eigenvalue weighted by Crippen LogP contribution is -2.18. The zero-order valence-corrected chi connectivity index (χ0v) is 9.63. The standard InChI is InChI=1S/C11H14FNO2S/c12-9-3-4-11-8(6-9)7-10(2-1-5-13)16(11,14)15/h3-4,6,10H,1-2,5,7,13H2. The molecule has 0 spiro atoms. The molecule has 2 N–H and O–H groups in total. The van der Waals surface area contributed by atoms with Gasteiger partial charge in [-0.1, -0.05) is 0 Å². The molecule has 1 aromatic carbocycles. The molecule has 0 fully saturated rings. The van der Waals surface area contributed by atoms with Crippen molar-refractivity contribution in [1.29, 1.82) is 0 Å². The minimum atomic E-state index is -3.26. The highest BCUT2D eigenvalue weighted by Gasteiger charge is 2.36. The van der Waals surface area contributed by atoms with E-state index in [0.717, 1.165) is 0 Å². The van der Waals surface area contributed by atoms with E-state index in [0.29, 0.717) is 31.4 Å². The lowest BCUT2D eigenvalue weighted by Gasteiger charge is -2.07. The number of sulfone groups is 1. The van der Waals surface area contributed by atoms with Crippen LogP contribution in [0.4, 0.5) is 4.39 Å². The minimum absolute atomic E-state index is 0.288.